The van der Waals surface area contributed by atoms with Crippen molar-refractivity contribution in [3.05, 3.63) is 41.3 Å². The number of ether oxygens (including phenoxy) is 1. The van der Waals surface area contributed by atoms with Gasteiger partial charge in [0.05, 0.1) is 23.3 Å². The molecule has 1 saturated heterocycles. The number of carbonyl (C=O) groups excluding carboxylic acids is 1. The van der Waals surface area contributed by atoms with Crippen molar-refractivity contribution in [1.29, 1.82) is 0 Å². The molecular formula is C22H25ClF3N5O2. The molecule has 1 amide bonds. The van der Waals surface area contributed by atoms with Crippen LogP contribution in [-0.2, 0) is 6.18 Å². The molecule has 178 valence electrons. The minimum absolute atomic E-state index is 0. The lowest BCUT2D eigenvalue weighted by molar-refractivity contribution is -0.137. The zero-order chi connectivity index (χ0) is 22.9. The van der Waals surface area contributed by atoms with Crippen LogP contribution in [-0.4, -0.2) is 46.6 Å². The summed E-state index contributed by atoms with van der Waals surface area (Å²) in [5.41, 5.74) is 1.30. The Morgan fingerprint density at radius 3 is 2.64 bits per heavy atom. The first-order valence-corrected chi connectivity index (χ1v) is 10.5. The maximum atomic E-state index is 13.4. The molecule has 11 heteroatoms. The number of aryl methyl sites for hydroxylation is 1. The number of rotatable bonds is 5. The standard InChI is InChI=1S/C22H24F3N5O2.ClH/c1-3-32-16-5-4-13(22(23,24)25)10-15(16)18-20-19(28-11-27-18)17(12(2)29-20)21(31)30-14-6-8-26-9-7-14;/h4-5,10-11,14,26,29H,3,6-9H2,1-2H3,(H,30,31);1H. The van der Waals surface area contributed by atoms with E-state index in [2.05, 4.69) is 25.6 Å². The van der Waals surface area contributed by atoms with E-state index in [9.17, 15) is 18.0 Å². The molecule has 1 aromatic carbocycles. The summed E-state index contributed by atoms with van der Waals surface area (Å²) < 4.78 is 45.7. The monoisotopic (exact) mass is 483 g/mol. The molecule has 4 rings (SSSR count). The number of hydrogen-bond acceptors (Lipinski definition) is 5. The molecule has 7 nitrogen and oxygen atoms in total. The fourth-order valence-electron chi connectivity index (χ4n) is 4.00. The largest absolute Gasteiger partial charge is 0.493 e. The molecule has 33 heavy (non-hydrogen) atoms. The lowest BCUT2D eigenvalue weighted by Crippen LogP contribution is -2.42. The van der Waals surface area contributed by atoms with Crippen molar-refractivity contribution in [2.75, 3.05) is 19.7 Å². The van der Waals surface area contributed by atoms with Gasteiger partial charge in [-0.05, 0) is 58.0 Å². The van der Waals surface area contributed by atoms with E-state index in [0.29, 0.717) is 22.3 Å². The van der Waals surface area contributed by atoms with Gasteiger partial charge in [-0.15, -0.1) is 12.4 Å². The lowest BCUT2D eigenvalue weighted by atomic mass is 10.0. The van der Waals surface area contributed by atoms with E-state index in [1.165, 1.54) is 12.4 Å². The van der Waals surface area contributed by atoms with Crippen LogP contribution < -0.4 is 15.4 Å². The summed E-state index contributed by atoms with van der Waals surface area (Å²) in [6.45, 7) is 5.43. The number of aromatic amines is 1. The Morgan fingerprint density at radius 2 is 1.97 bits per heavy atom. The molecule has 0 unspecified atom stereocenters. The number of benzene rings is 1. The molecule has 0 radical (unpaired) electrons. The molecule has 3 aromatic rings. The Balaban J connectivity index is 0.00000306. The summed E-state index contributed by atoms with van der Waals surface area (Å²) in [6, 6.07) is 3.33. The van der Waals surface area contributed by atoms with Gasteiger partial charge in [-0.3, -0.25) is 4.79 Å². The second kappa shape index (κ2) is 9.96. The first-order chi connectivity index (χ1) is 15.3. The van der Waals surface area contributed by atoms with E-state index in [-0.39, 0.29) is 48.0 Å². The fraction of sp³-hybridized carbons (Fsp3) is 0.409. The predicted molar refractivity (Wildman–Crippen MR) is 121 cm³/mol. The van der Waals surface area contributed by atoms with Gasteiger partial charge in [-0.25, -0.2) is 9.97 Å². The van der Waals surface area contributed by atoms with Crippen molar-refractivity contribution in [2.24, 2.45) is 0 Å². The molecule has 0 spiro atoms. The van der Waals surface area contributed by atoms with Crippen molar-refractivity contribution in [3.8, 4) is 17.0 Å². The van der Waals surface area contributed by atoms with Crippen molar-refractivity contribution in [3.63, 3.8) is 0 Å². The summed E-state index contributed by atoms with van der Waals surface area (Å²) in [4.78, 5) is 24.6. The predicted octanol–water partition coefficient (Wildman–Crippen LogP) is 4.25. The summed E-state index contributed by atoms with van der Waals surface area (Å²) in [6.07, 6.45) is -1.61. The van der Waals surface area contributed by atoms with Gasteiger partial charge in [0.2, 0.25) is 0 Å². The number of halogens is 4. The van der Waals surface area contributed by atoms with Crippen LogP contribution in [0.4, 0.5) is 13.2 Å². The van der Waals surface area contributed by atoms with Gasteiger partial charge in [0.1, 0.15) is 23.3 Å². The van der Waals surface area contributed by atoms with Gasteiger partial charge in [0.25, 0.3) is 5.91 Å². The molecule has 1 fully saturated rings. The van der Waals surface area contributed by atoms with E-state index < -0.39 is 11.7 Å². The minimum Gasteiger partial charge on any atom is -0.493 e. The third-order valence-corrected chi connectivity index (χ3v) is 5.53. The van der Waals surface area contributed by atoms with Crippen LogP contribution in [0.15, 0.2) is 24.5 Å². The Hall–Kier alpha value is -2.85. The van der Waals surface area contributed by atoms with Gasteiger partial charge in [0.15, 0.2) is 0 Å². The second-order valence-corrected chi connectivity index (χ2v) is 7.71. The van der Waals surface area contributed by atoms with Gasteiger partial charge >= 0.3 is 6.18 Å². The molecule has 0 atom stereocenters. The number of nitrogens with one attached hydrogen (secondary N) is 3. The number of H-pyrrole nitrogens is 1. The van der Waals surface area contributed by atoms with Gasteiger partial charge in [-0.2, -0.15) is 13.2 Å². The minimum atomic E-state index is -4.52. The summed E-state index contributed by atoms with van der Waals surface area (Å²) in [5.74, 6) is 0.00725. The van der Waals surface area contributed by atoms with Crippen LogP contribution in [0, 0.1) is 6.92 Å². The average molecular weight is 484 g/mol. The highest BCUT2D eigenvalue weighted by atomic mass is 35.5. The quantitative estimate of drug-likeness (QED) is 0.504. The smallest absolute Gasteiger partial charge is 0.416 e. The molecule has 1 aliphatic rings. The normalized spacial score (nSPS) is 14.7. The van der Waals surface area contributed by atoms with Crippen molar-refractivity contribution >= 4 is 29.3 Å². The third kappa shape index (κ3) is 5.06. The summed E-state index contributed by atoms with van der Waals surface area (Å²) in [7, 11) is 0. The Kier molecular flexibility index (Phi) is 7.48. The zero-order valence-corrected chi connectivity index (χ0v) is 19.0. The van der Waals surface area contributed by atoms with E-state index in [4.69, 9.17) is 4.74 Å². The summed E-state index contributed by atoms with van der Waals surface area (Å²) in [5, 5.41) is 6.29. The number of aromatic nitrogens is 3. The first-order valence-electron chi connectivity index (χ1n) is 10.5. The lowest BCUT2D eigenvalue weighted by Gasteiger charge is -2.23. The molecule has 0 aliphatic carbocycles. The van der Waals surface area contributed by atoms with Gasteiger partial charge in [0, 0.05) is 17.3 Å². The number of hydrogen-bond donors (Lipinski definition) is 3. The van der Waals surface area contributed by atoms with Crippen LogP contribution in [0.5, 0.6) is 5.75 Å². The molecule has 3 heterocycles. The highest BCUT2D eigenvalue weighted by Gasteiger charge is 2.32. The maximum absolute atomic E-state index is 13.4. The average Bonchev–Trinajstić information content (AvgIpc) is 3.10. The molecule has 2 aromatic heterocycles. The van der Waals surface area contributed by atoms with Crippen LogP contribution >= 0.6 is 12.4 Å². The van der Waals surface area contributed by atoms with Crippen molar-refractivity contribution < 1.29 is 22.7 Å². The second-order valence-electron chi connectivity index (χ2n) is 7.71. The first kappa shape index (κ1) is 24.8. The highest BCUT2D eigenvalue weighted by Crippen LogP contribution is 2.39. The Labute approximate surface area is 194 Å². The number of nitrogens with zero attached hydrogens (tertiary/aromatic N) is 2. The number of alkyl halides is 3. The van der Waals surface area contributed by atoms with Gasteiger partial charge in [-0.1, -0.05) is 0 Å². The van der Waals surface area contributed by atoms with Crippen molar-refractivity contribution in [1.82, 2.24) is 25.6 Å². The number of amides is 1. The van der Waals surface area contributed by atoms with E-state index in [0.717, 1.165) is 38.1 Å². The molecular weight excluding hydrogens is 459 g/mol. The zero-order valence-electron chi connectivity index (χ0n) is 18.2. The van der Waals surface area contributed by atoms with Gasteiger partial charge < -0.3 is 20.4 Å². The van der Waals surface area contributed by atoms with Crippen LogP contribution in [0.3, 0.4) is 0 Å². The number of piperidine rings is 1. The van der Waals surface area contributed by atoms with E-state index >= 15 is 0 Å². The molecule has 3 N–H and O–H groups in total. The van der Waals surface area contributed by atoms with Crippen LogP contribution in [0.25, 0.3) is 22.3 Å². The van der Waals surface area contributed by atoms with Crippen LogP contribution in [0.1, 0.15) is 41.4 Å². The Bertz CT molecular complexity index is 1140. The highest BCUT2D eigenvalue weighted by molar-refractivity contribution is 6.09. The van der Waals surface area contributed by atoms with E-state index in [1.807, 2.05) is 0 Å². The SMILES string of the molecule is CCOc1ccc(C(F)(F)F)cc1-c1ncnc2c(C(=O)NC3CCNCC3)c(C)[nH]c12.Cl. The maximum Gasteiger partial charge on any atom is 0.416 e. The van der Waals surface area contributed by atoms with Crippen LogP contribution in [0.2, 0.25) is 0 Å². The summed E-state index contributed by atoms with van der Waals surface area (Å²) >= 11 is 0. The Morgan fingerprint density at radius 1 is 1.24 bits per heavy atom. The molecule has 1 aliphatic heterocycles. The third-order valence-electron chi connectivity index (χ3n) is 5.53. The van der Waals surface area contributed by atoms with Crippen molar-refractivity contribution in [2.45, 2.75) is 38.9 Å². The van der Waals surface area contributed by atoms with E-state index in [1.54, 1.807) is 13.8 Å². The molecule has 0 bridgehead atoms. The topological polar surface area (TPSA) is 91.9 Å². The number of carbonyl (C=O) groups is 1. The molecule has 0 saturated carbocycles. The fourth-order valence-corrected chi connectivity index (χ4v) is 4.00. The number of fused-ring (bicyclic) bond motifs is 1.